The molecule has 0 aliphatic heterocycles. The molecule has 0 radical (unpaired) electrons. The van der Waals surface area contributed by atoms with Gasteiger partial charge in [0.25, 0.3) is 0 Å². The zero-order valence-corrected chi connectivity index (χ0v) is 6.40. The predicted octanol–water partition coefficient (Wildman–Crippen LogP) is -1.26. The van der Waals surface area contributed by atoms with Crippen molar-refractivity contribution >= 4 is 7.82 Å². The fraction of sp³-hybridized carbons (Fsp3) is 1.00. The molecule has 0 fully saturated rings. The Balaban J connectivity index is 0. The first-order valence-electron chi connectivity index (χ1n) is 2.49. The quantitative estimate of drug-likeness (QED) is 0.249. The lowest BCUT2D eigenvalue weighted by atomic mass is 10.5. The van der Waals surface area contributed by atoms with Crippen LogP contribution in [0.5, 0.6) is 0 Å². The van der Waals surface area contributed by atoms with Gasteiger partial charge in [-0.25, -0.2) is 4.57 Å². The van der Waals surface area contributed by atoms with Crippen LogP contribution in [0, 0.1) is 0 Å². The number of phosphoric acid groups is 1. The smallest absolute Gasteiger partial charge is 0.379 e. The van der Waals surface area contributed by atoms with Crippen molar-refractivity contribution in [2.24, 2.45) is 5.73 Å². The van der Waals surface area contributed by atoms with Gasteiger partial charge in [-0.15, -0.1) is 0 Å². The van der Waals surface area contributed by atoms with E-state index in [1.807, 2.05) is 6.92 Å². The third-order valence-electron chi connectivity index (χ3n) is 0.418. The van der Waals surface area contributed by atoms with Crippen molar-refractivity contribution in [3.05, 3.63) is 0 Å². The molecule has 0 saturated carbocycles. The summed E-state index contributed by atoms with van der Waals surface area (Å²) >= 11 is 0. The number of aliphatic hydroxyl groups excluding tert-OH is 1. The molecule has 6 nitrogen and oxygen atoms in total. The maximum absolute atomic E-state index is 8.88. The average Bonchev–Trinajstić information content (AvgIpc) is 1.61. The lowest BCUT2D eigenvalue weighted by Crippen LogP contribution is -2.16. The molecule has 0 heterocycles. The first-order valence-corrected chi connectivity index (χ1v) is 4.05. The van der Waals surface area contributed by atoms with Gasteiger partial charge in [0.1, 0.15) is 6.23 Å². The Kier molecular flexibility index (Phi) is 7.34. The van der Waals surface area contributed by atoms with E-state index in [1.54, 1.807) is 0 Å². The number of hydrogen-bond donors (Lipinski definition) is 5. The summed E-state index contributed by atoms with van der Waals surface area (Å²) in [5.41, 5.74) is 4.85. The number of nitrogens with two attached hydrogens (primary N) is 1. The van der Waals surface area contributed by atoms with Crippen LogP contribution in [-0.4, -0.2) is 26.0 Å². The molecule has 0 rings (SSSR count). The summed E-state index contributed by atoms with van der Waals surface area (Å²) < 4.78 is 8.88. The molecule has 10 heavy (non-hydrogen) atoms. The number of aliphatic hydroxyl groups is 1. The molecule has 0 aromatic carbocycles. The summed E-state index contributed by atoms with van der Waals surface area (Å²) in [6, 6.07) is 0. The van der Waals surface area contributed by atoms with Gasteiger partial charge < -0.3 is 25.5 Å². The molecular weight excluding hydrogens is 161 g/mol. The van der Waals surface area contributed by atoms with E-state index >= 15 is 0 Å². The van der Waals surface area contributed by atoms with E-state index in [-0.39, 0.29) is 0 Å². The van der Waals surface area contributed by atoms with Gasteiger partial charge in [-0.1, -0.05) is 6.92 Å². The van der Waals surface area contributed by atoms with Crippen molar-refractivity contribution in [1.29, 1.82) is 0 Å². The van der Waals surface area contributed by atoms with Crippen LogP contribution in [0.1, 0.15) is 13.3 Å². The van der Waals surface area contributed by atoms with Crippen molar-refractivity contribution < 1.29 is 24.4 Å². The van der Waals surface area contributed by atoms with Gasteiger partial charge in [-0.3, -0.25) is 0 Å². The standard InChI is InChI=1S/C3H9NO.H3O4P/c1-2-3(4)5;1-5(2,3)4/h3,5H,2,4H2,1H3;(H3,1,2,3,4). The normalized spacial score (nSPS) is 13.4. The fourth-order valence-electron chi connectivity index (χ4n) is 0. The Labute approximate surface area is 58.5 Å². The molecule has 0 aliphatic carbocycles. The van der Waals surface area contributed by atoms with Gasteiger partial charge in [-0.2, -0.15) is 0 Å². The Bertz CT molecular complexity index is 101. The SMILES string of the molecule is CCC(N)O.O=P(O)(O)O. The highest BCUT2D eigenvalue weighted by Crippen LogP contribution is 2.25. The molecular formula is C3H12NO5P. The van der Waals surface area contributed by atoms with Gasteiger partial charge in [-0.05, 0) is 6.42 Å². The molecule has 64 valence electrons. The third kappa shape index (κ3) is 96.3. The zero-order valence-electron chi connectivity index (χ0n) is 5.51. The van der Waals surface area contributed by atoms with E-state index in [0.29, 0.717) is 6.42 Å². The van der Waals surface area contributed by atoms with Gasteiger partial charge >= 0.3 is 7.82 Å². The molecule has 0 aliphatic rings. The highest BCUT2D eigenvalue weighted by Gasteiger charge is 2.00. The van der Waals surface area contributed by atoms with Crippen molar-refractivity contribution in [3.8, 4) is 0 Å². The molecule has 0 bridgehead atoms. The van der Waals surface area contributed by atoms with Gasteiger partial charge in [0.05, 0.1) is 0 Å². The van der Waals surface area contributed by atoms with Crippen LogP contribution in [0.4, 0.5) is 0 Å². The van der Waals surface area contributed by atoms with E-state index in [2.05, 4.69) is 0 Å². The predicted molar refractivity (Wildman–Crippen MR) is 34.7 cm³/mol. The van der Waals surface area contributed by atoms with Crippen molar-refractivity contribution in [2.75, 3.05) is 0 Å². The van der Waals surface area contributed by atoms with Gasteiger partial charge in [0, 0.05) is 0 Å². The lowest BCUT2D eigenvalue weighted by molar-refractivity contribution is 0.178. The first-order chi connectivity index (χ1) is 4.27. The van der Waals surface area contributed by atoms with Crippen molar-refractivity contribution in [3.63, 3.8) is 0 Å². The number of hydrogen-bond acceptors (Lipinski definition) is 3. The van der Waals surface area contributed by atoms with Crippen molar-refractivity contribution in [1.82, 2.24) is 0 Å². The molecule has 1 unspecified atom stereocenters. The molecule has 1 atom stereocenters. The van der Waals surface area contributed by atoms with Crippen LogP contribution < -0.4 is 5.73 Å². The largest absolute Gasteiger partial charge is 0.466 e. The van der Waals surface area contributed by atoms with Crippen LogP contribution in [0.15, 0.2) is 0 Å². The summed E-state index contributed by atoms with van der Waals surface area (Å²) in [6.45, 7) is 1.82. The van der Waals surface area contributed by atoms with Crippen LogP contribution in [0.3, 0.4) is 0 Å². The third-order valence-corrected chi connectivity index (χ3v) is 0.418. The highest BCUT2D eigenvalue weighted by molar-refractivity contribution is 7.45. The van der Waals surface area contributed by atoms with Gasteiger partial charge in [0.15, 0.2) is 0 Å². The first kappa shape index (κ1) is 12.7. The molecule has 6 N–H and O–H groups in total. The summed E-state index contributed by atoms with van der Waals surface area (Å²) in [7, 11) is -4.64. The van der Waals surface area contributed by atoms with Gasteiger partial charge in [0.2, 0.25) is 0 Å². The zero-order chi connectivity index (χ0) is 8.78. The Morgan fingerprint density at radius 2 is 1.60 bits per heavy atom. The second-order valence-electron chi connectivity index (χ2n) is 1.49. The second kappa shape index (κ2) is 5.79. The topological polar surface area (TPSA) is 124 Å². The van der Waals surface area contributed by atoms with E-state index in [1.165, 1.54) is 0 Å². The summed E-state index contributed by atoms with van der Waals surface area (Å²) in [6.07, 6.45) is 0.0231. The van der Waals surface area contributed by atoms with Crippen molar-refractivity contribution in [2.45, 2.75) is 19.6 Å². The molecule has 7 heteroatoms. The monoisotopic (exact) mass is 173 g/mol. The summed E-state index contributed by atoms with van der Waals surface area (Å²) in [5.74, 6) is 0. The minimum Gasteiger partial charge on any atom is -0.379 e. The summed E-state index contributed by atoms with van der Waals surface area (Å²) in [4.78, 5) is 21.6. The highest BCUT2D eigenvalue weighted by atomic mass is 31.2. The Morgan fingerprint density at radius 1 is 1.50 bits per heavy atom. The molecule has 0 aromatic heterocycles. The average molecular weight is 173 g/mol. The Hall–Kier alpha value is 0.0300. The second-order valence-corrected chi connectivity index (χ2v) is 2.52. The number of rotatable bonds is 1. The minimum atomic E-state index is -4.64. The molecule has 0 saturated heterocycles. The van der Waals surface area contributed by atoms with E-state index in [9.17, 15) is 0 Å². The van der Waals surface area contributed by atoms with Crippen LogP contribution in [-0.2, 0) is 4.57 Å². The molecule has 0 aromatic rings. The van der Waals surface area contributed by atoms with E-state index in [0.717, 1.165) is 0 Å². The maximum atomic E-state index is 8.88. The van der Waals surface area contributed by atoms with E-state index < -0.39 is 14.1 Å². The summed E-state index contributed by atoms with van der Waals surface area (Å²) in [5, 5.41) is 8.14. The van der Waals surface area contributed by atoms with Crippen LogP contribution >= 0.6 is 7.82 Å². The van der Waals surface area contributed by atoms with Crippen LogP contribution in [0.2, 0.25) is 0 Å². The lowest BCUT2D eigenvalue weighted by Gasteiger charge is -1.91. The Morgan fingerprint density at radius 3 is 1.60 bits per heavy atom. The fourth-order valence-corrected chi connectivity index (χ4v) is 0. The van der Waals surface area contributed by atoms with Crippen LogP contribution in [0.25, 0.3) is 0 Å². The molecule has 0 amide bonds. The molecule has 0 spiro atoms. The minimum absolute atomic E-state index is 0.616. The van der Waals surface area contributed by atoms with E-state index in [4.69, 9.17) is 30.1 Å². The maximum Gasteiger partial charge on any atom is 0.466 e.